The molecule has 0 spiro atoms. The number of amides is 1. The van der Waals surface area contributed by atoms with E-state index < -0.39 is 0 Å². The number of thioether (sulfide) groups is 1. The predicted molar refractivity (Wildman–Crippen MR) is 115 cm³/mol. The third kappa shape index (κ3) is 3.66. The SMILES string of the molecule is CCCSc1nnc(CNC(=O)C23CC4CC(CC(C4)C2)C3)n1-c1cccc(F)c1. The van der Waals surface area contributed by atoms with Crippen LogP contribution in [0.5, 0.6) is 0 Å². The first-order valence-corrected chi connectivity index (χ1v) is 12.2. The van der Waals surface area contributed by atoms with Crippen molar-refractivity contribution >= 4 is 17.7 Å². The normalized spacial score (nSPS) is 29.3. The Labute approximate surface area is 181 Å². The van der Waals surface area contributed by atoms with Crippen molar-refractivity contribution in [2.24, 2.45) is 23.2 Å². The van der Waals surface area contributed by atoms with Gasteiger partial charge in [0.05, 0.1) is 12.2 Å². The summed E-state index contributed by atoms with van der Waals surface area (Å²) in [5.74, 6) is 3.64. The van der Waals surface area contributed by atoms with Crippen LogP contribution in [-0.4, -0.2) is 26.4 Å². The van der Waals surface area contributed by atoms with Gasteiger partial charge in [0, 0.05) is 11.2 Å². The zero-order valence-electron chi connectivity index (χ0n) is 17.4. The van der Waals surface area contributed by atoms with Crippen LogP contribution in [0, 0.1) is 29.0 Å². The number of hydrogen-bond donors (Lipinski definition) is 1. The van der Waals surface area contributed by atoms with Gasteiger partial charge in [0.2, 0.25) is 5.91 Å². The summed E-state index contributed by atoms with van der Waals surface area (Å²) in [6, 6.07) is 6.47. The summed E-state index contributed by atoms with van der Waals surface area (Å²) in [5, 5.41) is 12.6. The minimum atomic E-state index is -0.295. The fraction of sp³-hybridized carbons (Fsp3) is 0.609. The van der Waals surface area contributed by atoms with E-state index in [0.717, 1.165) is 54.3 Å². The molecule has 4 aliphatic rings. The molecule has 7 heteroatoms. The molecule has 6 rings (SSSR count). The van der Waals surface area contributed by atoms with Gasteiger partial charge < -0.3 is 5.32 Å². The monoisotopic (exact) mass is 428 g/mol. The van der Waals surface area contributed by atoms with Gasteiger partial charge in [0.1, 0.15) is 5.82 Å². The largest absolute Gasteiger partial charge is 0.348 e. The molecule has 1 amide bonds. The second-order valence-corrected chi connectivity index (χ2v) is 10.5. The van der Waals surface area contributed by atoms with Crippen LogP contribution in [0.25, 0.3) is 5.69 Å². The van der Waals surface area contributed by atoms with E-state index in [9.17, 15) is 9.18 Å². The maximum absolute atomic E-state index is 13.9. The Balaban J connectivity index is 1.36. The highest BCUT2D eigenvalue weighted by molar-refractivity contribution is 7.99. The lowest BCUT2D eigenvalue weighted by molar-refractivity contribution is -0.146. The molecule has 1 N–H and O–H groups in total. The number of rotatable bonds is 7. The first-order chi connectivity index (χ1) is 14.6. The number of nitrogens with one attached hydrogen (secondary N) is 1. The zero-order valence-corrected chi connectivity index (χ0v) is 18.3. The summed E-state index contributed by atoms with van der Waals surface area (Å²) in [6.07, 6.45) is 8.09. The highest BCUT2D eigenvalue weighted by Crippen LogP contribution is 2.60. The highest BCUT2D eigenvalue weighted by atomic mass is 32.2. The highest BCUT2D eigenvalue weighted by Gasteiger charge is 2.54. The van der Waals surface area contributed by atoms with Crippen LogP contribution in [0.3, 0.4) is 0 Å². The van der Waals surface area contributed by atoms with E-state index in [0.29, 0.717) is 18.1 Å². The molecule has 1 aromatic carbocycles. The van der Waals surface area contributed by atoms with E-state index in [2.05, 4.69) is 22.4 Å². The number of carbonyl (C=O) groups excluding carboxylic acids is 1. The van der Waals surface area contributed by atoms with Gasteiger partial charge in [0.25, 0.3) is 0 Å². The van der Waals surface area contributed by atoms with Gasteiger partial charge in [-0.3, -0.25) is 9.36 Å². The first-order valence-electron chi connectivity index (χ1n) is 11.2. The standard InChI is InChI=1S/C23H29FN4OS/c1-2-6-30-22-27-26-20(28(22)19-5-3-4-18(24)10-19)14-25-21(29)23-11-15-7-16(12-23)9-17(8-15)13-23/h3-5,10,15-17H,2,6-9,11-14H2,1H3,(H,25,29). The summed E-state index contributed by atoms with van der Waals surface area (Å²) < 4.78 is 15.8. The summed E-state index contributed by atoms with van der Waals surface area (Å²) >= 11 is 1.60. The Morgan fingerprint density at radius 1 is 1.20 bits per heavy atom. The van der Waals surface area contributed by atoms with Crippen molar-refractivity contribution in [3.8, 4) is 5.69 Å². The minimum absolute atomic E-state index is 0.179. The second-order valence-electron chi connectivity index (χ2n) is 9.44. The van der Waals surface area contributed by atoms with Gasteiger partial charge >= 0.3 is 0 Å². The van der Waals surface area contributed by atoms with E-state index in [1.165, 1.54) is 31.4 Å². The fourth-order valence-electron chi connectivity index (χ4n) is 6.31. The molecule has 0 aliphatic heterocycles. The summed E-state index contributed by atoms with van der Waals surface area (Å²) in [5.41, 5.74) is 0.510. The molecule has 4 saturated carbocycles. The van der Waals surface area contributed by atoms with Gasteiger partial charge in [-0.15, -0.1) is 10.2 Å². The van der Waals surface area contributed by atoms with E-state index in [4.69, 9.17) is 0 Å². The molecule has 160 valence electrons. The van der Waals surface area contributed by atoms with Crippen LogP contribution in [0.4, 0.5) is 4.39 Å². The molecule has 1 aromatic heterocycles. The molecule has 30 heavy (non-hydrogen) atoms. The quantitative estimate of drug-likeness (QED) is 0.647. The zero-order chi connectivity index (χ0) is 20.7. The molecule has 4 aliphatic carbocycles. The van der Waals surface area contributed by atoms with E-state index in [1.807, 2.05) is 10.6 Å². The first kappa shape index (κ1) is 20.0. The number of nitrogens with zero attached hydrogens (tertiary/aromatic N) is 3. The van der Waals surface area contributed by atoms with Crippen molar-refractivity contribution in [2.75, 3.05) is 5.75 Å². The van der Waals surface area contributed by atoms with Gasteiger partial charge in [-0.2, -0.15) is 0 Å². The Kier molecular flexibility index (Phi) is 5.33. The number of aromatic nitrogens is 3. The molecule has 1 heterocycles. The van der Waals surface area contributed by atoms with Crippen molar-refractivity contribution < 1.29 is 9.18 Å². The summed E-state index contributed by atoms with van der Waals surface area (Å²) in [6.45, 7) is 2.43. The molecule has 5 nitrogen and oxygen atoms in total. The second kappa shape index (κ2) is 7.98. The van der Waals surface area contributed by atoms with Gasteiger partial charge in [0.15, 0.2) is 11.0 Å². The lowest BCUT2D eigenvalue weighted by Gasteiger charge is -2.55. The van der Waals surface area contributed by atoms with Crippen molar-refractivity contribution in [3.63, 3.8) is 0 Å². The molecule has 0 unspecified atom stereocenters. The molecular weight excluding hydrogens is 399 g/mol. The van der Waals surface area contributed by atoms with E-state index in [1.54, 1.807) is 17.8 Å². The van der Waals surface area contributed by atoms with Gasteiger partial charge in [-0.25, -0.2) is 4.39 Å². The van der Waals surface area contributed by atoms with Crippen molar-refractivity contribution in [3.05, 3.63) is 35.9 Å². The lowest BCUT2D eigenvalue weighted by Crippen LogP contribution is -2.53. The molecule has 0 atom stereocenters. The van der Waals surface area contributed by atoms with Crippen LogP contribution in [0.2, 0.25) is 0 Å². The molecule has 4 fully saturated rings. The lowest BCUT2D eigenvalue weighted by atomic mass is 9.49. The Hall–Kier alpha value is -1.89. The van der Waals surface area contributed by atoms with Crippen molar-refractivity contribution in [1.82, 2.24) is 20.1 Å². The molecule has 4 bridgehead atoms. The third-order valence-electron chi connectivity index (χ3n) is 7.13. The topological polar surface area (TPSA) is 59.8 Å². The molecular formula is C23H29FN4OS. The third-order valence-corrected chi connectivity index (χ3v) is 8.26. The van der Waals surface area contributed by atoms with Crippen LogP contribution in [-0.2, 0) is 11.3 Å². The van der Waals surface area contributed by atoms with Crippen LogP contribution < -0.4 is 5.32 Å². The summed E-state index contributed by atoms with van der Waals surface area (Å²) in [7, 11) is 0. The average molecular weight is 429 g/mol. The van der Waals surface area contributed by atoms with Crippen molar-refractivity contribution in [2.45, 2.75) is 63.6 Å². The fourth-order valence-corrected chi connectivity index (χ4v) is 7.14. The molecule has 0 saturated heterocycles. The molecule has 2 aromatic rings. The van der Waals surface area contributed by atoms with E-state index >= 15 is 0 Å². The number of carbonyl (C=O) groups is 1. The number of halogens is 1. The Morgan fingerprint density at radius 2 is 1.90 bits per heavy atom. The Bertz CT molecular complexity index is 908. The maximum atomic E-state index is 13.9. The predicted octanol–water partition coefficient (Wildman–Crippen LogP) is 4.74. The van der Waals surface area contributed by atoms with Gasteiger partial charge in [-0.1, -0.05) is 24.8 Å². The van der Waals surface area contributed by atoms with Crippen LogP contribution in [0.15, 0.2) is 29.4 Å². The molecule has 0 radical (unpaired) electrons. The summed E-state index contributed by atoms with van der Waals surface area (Å²) in [4.78, 5) is 13.3. The maximum Gasteiger partial charge on any atom is 0.226 e. The van der Waals surface area contributed by atoms with Gasteiger partial charge in [-0.05, 0) is 80.9 Å². The number of benzene rings is 1. The average Bonchev–Trinajstić information content (AvgIpc) is 3.12. The van der Waals surface area contributed by atoms with Crippen LogP contribution >= 0.6 is 11.8 Å². The smallest absolute Gasteiger partial charge is 0.226 e. The minimum Gasteiger partial charge on any atom is -0.348 e. The van der Waals surface area contributed by atoms with Crippen molar-refractivity contribution in [1.29, 1.82) is 0 Å². The van der Waals surface area contributed by atoms with Crippen LogP contribution in [0.1, 0.15) is 57.7 Å². The number of hydrogen-bond acceptors (Lipinski definition) is 4. The van der Waals surface area contributed by atoms with E-state index in [-0.39, 0.29) is 17.1 Å². The Morgan fingerprint density at radius 3 is 2.53 bits per heavy atom.